The van der Waals surface area contributed by atoms with Crippen molar-refractivity contribution >= 4 is 6.03 Å². The summed E-state index contributed by atoms with van der Waals surface area (Å²) in [6, 6.07) is 25.6. The molecule has 0 aliphatic rings. The third kappa shape index (κ3) is 8.22. The first-order valence-electron chi connectivity index (χ1n) is 16.2. The Morgan fingerprint density at radius 3 is 2.15 bits per heavy atom. The van der Waals surface area contributed by atoms with Crippen molar-refractivity contribution in [3.05, 3.63) is 142 Å². The molecular weight excluding hydrogens is 673 g/mol. The fourth-order valence-electron chi connectivity index (χ4n) is 5.48. The quantitative estimate of drug-likeness (QED) is 0.177. The maximum Gasteiger partial charge on any atom is 0.416 e. The van der Waals surface area contributed by atoms with Crippen LogP contribution in [0, 0.1) is 18.3 Å². The summed E-state index contributed by atoms with van der Waals surface area (Å²) in [4.78, 5) is 32.5. The highest BCUT2D eigenvalue weighted by atomic mass is 19.4. The van der Waals surface area contributed by atoms with Crippen molar-refractivity contribution in [3.63, 3.8) is 0 Å². The van der Waals surface area contributed by atoms with E-state index in [9.17, 15) is 28.0 Å². The van der Waals surface area contributed by atoms with E-state index in [0.29, 0.717) is 33.7 Å². The van der Waals surface area contributed by atoms with Crippen LogP contribution in [0.1, 0.15) is 42.3 Å². The number of hydrogen-bond acceptors (Lipinski definition) is 6. The number of nitrogens with zero attached hydrogens (tertiary/aromatic N) is 7. The molecule has 52 heavy (non-hydrogen) atoms. The van der Waals surface area contributed by atoms with Gasteiger partial charge < -0.3 is 14.2 Å². The smallest absolute Gasteiger partial charge is 0.416 e. The molecule has 3 aromatic carbocycles. The van der Waals surface area contributed by atoms with Gasteiger partial charge >= 0.3 is 17.9 Å². The summed E-state index contributed by atoms with van der Waals surface area (Å²) in [7, 11) is 5.97. The highest BCUT2D eigenvalue weighted by Gasteiger charge is 2.35. The SMILES string of the molecule is Cc1c(-c2ccnn2-c2ccc(C#N)cc2)n(C(=O)NC(C)(C)c2ncc(C[N+](C)(C)C)o2)c(=O)n1-c1cccc(C(F)(F)F)c1.c1ccccc1. The van der Waals surface area contributed by atoms with Gasteiger partial charge in [0.05, 0.1) is 73.5 Å². The Hall–Kier alpha value is -6.20. The number of alkyl halides is 3. The zero-order valence-electron chi connectivity index (χ0n) is 29.5. The minimum Gasteiger partial charge on any atom is -0.437 e. The molecule has 14 heteroatoms. The van der Waals surface area contributed by atoms with Crippen molar-refractivity contribution in [2.75, 3.05) is 21.1 Å². The Morgan fingerprint density at radius 1 is 0.942 bits per heavy atom. The van der Waals surface area contributed by atoms with Crippen LogP contribution in [0.25, 0.3) is 22.8 Å². The van der Waals surface area contributed by atoms with Crippen molar-refractivity contribution in [1.29, 1.82) is 5.26 Å². The van der Waals surface area contributed by atoms with Gasteiger partial charge in [0.2, 0.25) is 5.89 Å². The van der Waals surface area contributed by atoms with Gasteiger partial charge in [0.1, 0.15) is 17.8 Å². The number of hydrogen-bond donors (Lipinski definition) is 1. The van der Waals surface area contributed by atoms with Crippen molar-refractivity contribution in [3.8, 4) is 28.8 Å². The number of halogens is 3. The molecule has 0 radical (unpaired) electrons. The summed E-state index contributed by atoms with van der Waals surface area (Å²) >= 11 is 0. The lowest BCUT2D eigenvalue weighted by molar-refractivity contribution is -0.884. The molecule has 3 aromatic heterocycles. The molecule has 1 N–H and O–H groups in total. The normalized spacial score (nSPS) is 11.8. The van der Waals surface area contributed by atoms with E-state index in [2.05, 4.69) is 15.4 Å². The molecular formula is C38H38F3N8O3+. The zero-order chi connectivity index (χ0) is 37.8. The average molecular weight is 712 g/mol. The predicted molar refractivity (Wildman–Crippen MR) is 189 cm³/mol. The minimum absolute atomic E-state index is 0.0773. The maximum atomic E-state index is 14.1. The maximum absolute atomic E-state index is 14.1. The molecule has 0 atom stereocenters. The molecule has 6 aromatic rings. The number of carbonyl (C=O) groups excluding carboxylic acids is 1. The number of imidazole rings is 1. The van der Waals surface area contributed by atoms with Crippen LogP contribution in [0.3, 0.4) is 0 Å². The molecule has 11 nitrogen and oxygen atoms in total. The van der Waals surface area contributed by atoms with Gasteiger partial charge in [-0.2, -0.15) is 23.5 Å². The van der Waals surface area contributed by atoms with E-state index in [1.54, 1.807) is 50.4 Å². The van der Waals surface area contributed by atoms with E-state index >= 15 is 0 Å². The molecule has 0 bridgehead atoms. The highest BCUT2D eigenvalue weighted by molar-refractivity contribution is 5.84. The van der Waals surface area contributed by atoms with Crippen LogP contribution < -0.4 is 11.0 Å². The number of amides is 1. The summed E-state index contributed by atoms with van der Waals surface area (Å²) in [5, 5.41) is 16.4. The number of aromatic nitrogens is 5. The summed E-state index contributed by atoms with van der Waals surface area (Å²) in [5.74, 6) is 0.802. The Balaban J connectivity index is 0.000000790. The van der Waals surface area contributed by atoms with E-state index in [1.807, 2.05) is 63.6 Å². The van der Waals surface area contributed by atoms with E-state index in [0.717, 1.165) is 21.3 Å². The summed E-state index contributed by atoms with van der Waals surface area (Å²) in [6.45, 7) is 5.40. The lowest BCUT2D eigenvalue weighted by Crippen LogP contribution is -2.46. The van der Waals surface area contributed by atoms with E-state index in [4.69, 9.17) is 4.42 Å². The van der Waals surface area contributed by atoms with Gasteiger partial charge in [0.25, 0.3) is 0 Å². The predicted octanol–water partition coefficient (Wildman–Crippen LogP) is 7.06. The second-order valence-corrected chi connectivity index (χ2v) is 13.5. The van der Waals surface area contributed by atoms with Crippen molar-refractivity contribution in [2.45, 2.75) is 39.0 Å². The summed E-state index contributed by atoms with van der Waals surface area (Å²) < 4.78 is 50.9. The van der Waals surface area contributed by atoms with Crippen molar-refractivity contribution in [2.24, 2.45) is 0 Å². The van der Waals surface area contributed by atoms with Crippen LogP contribution in [0.4, 0.5) is 18.0 Å². The second-order valence-electron chi connectivity index (χ2n) is 13.5. The first-order valence-corrected chi connectivity index (χ1v) is 16.2. The van der Waals surface area contributed by atoms with Gasteiger partial charge in [-0.3, -0.25) is 4.57 Å². The number of carbonyl (C=O) groups is 1. The number of oxazole rings is 1. The van der Waals surface area contributed by atoms with Crippen molar-refractivity contribution < 1.29 is 26.9 Å². The van der Waals surface area contributed by atoms with Crippen molar-refractivity contribution in [1.82, 2.24) is 29.2 Å². The molecule has 0 saturated carbocycles. The van der Waals surface area contributed by atoms with Crippen LogP contribution in [0.2, 0.25) is 0 Å². The highest BCUT2D eigenvalue weighted by Crippen LogP contribution is 2.32. The summed E-state index contributed by atoms with van der Waals surface area (Å²) in [6.07, 6.45) is -1.61. The standard InChI is InChI=1S/C32H31F3N8O3.C6H6/c1-20-27(26-14-15-38-42(26)23-12-10-21(17-36)11-13-23)41(30(45)40(20)24-9-7-8-22(16-24)32(33,34)35)29(44)39-31(2,3)28-37-18-25(46-28)19-43(4,5)6;1-2-4-6-5-3-1/h7-16,18H,19H2,1-6H3;1-6H/p+1. The van der Waals surface area contributed by atoms with E-state index in [-0.39, 0.29) is 23.0 Å². The average Bonchev–Trinajstić information content (AvgIpc) is 3.83. The Morgan fingerprint density at radius 2 is 1.58 bits per heavy atom. The number of nitrogens with one attached hydrogen (secondary N) is 1. The van der Waals surface area contributed by atoms with E-state index < -0.39 is 29.0 Å². The minimum atomic E-state index is -4.66. The fourth-order valence-corrected chi connectivity index (χ4v) is 5.48. The topological polar surface area (TPSA) is 124 Å². The number of quaternary nitrogens is 1. The second kappa shape index (κ2) is 14.6. The summed E-state index contributed by atoms with van der Waals surface area (Å²) in [5.41, 5.74) is -1.60. The van der Waals surface area contributed by atoms with Gasteiger partial charge in [-0.25, -0.2) is 23.8 Å². The molecule has 6 rings (SSSR count). The van der Waals surface area contributed by atoms with Crippen LogP contribution in [-0.4, -0.2) is 55.6 Å². The Kier molecular flexibility index (Phi) is 10.4. The Labute approximate surface area is 298 Å². The van der Waals surface area contributed by atoms with Gasteiger partial charge in [-0.1, -0.05) is 42.5 Å². The van der Waals surface area contributed by atoms with Crippen LogP contribution in [-0.2, 0) is 18.3 Å². The monoisotopic (exact) mass is 711 g/mol. The molecule has 0 aliphatic heterocycles. The van der Waals surface area contributed by atoms with Crippen LogP contribution in [0.15, 0.2) is 113 Å². The Bertz CT molecular complexity index is 2240. The van der Waals surface area contributed by atoms with Gasteiger partial charge in [0, 0.05) is 0 Å². The molecule has 1 amide bonds. The van der Waals surface area contributed by atoms with Gasteiger partial charge in [-0.05, 0) is 69.3 Å². The fraction of sp³-hybridized carbons (Fsp3) is 0.237. The first-order chi connectivity index (χ1) is 24.5. The number of nitriles is 1. The molecule has 268 valence electrons. The van der Waals surface area contributed by atoms with Gasteiger partial charge in [-0.15, -0.1) is 0 Å². The molecule has 3 heterocycles. The lowest BCUT2D eigenvalue weighted by atomic mass is 10.1. The lowest BCUT2D eigenvalue weighted by Gasteiger charge is -2.24. The molecule has 0 unspecified atom stereocenters. The number of benzene rings is 3. The largest absolute Gasteiger partial charge is 0.437 e. The van der Waals surface area contributed by atoms with Gasteiger partial charge in [0.15, 0.2) is 5.76 Å². The molecule has 0 saturated heterocycles. The molecule has 0 spiro atoms. The van der Waals surface area contributed by atoms with E-state index in [1.165, 1.54) is 29.9 Å². The van der Waals surface area contributed by atoms with Crippen LogP contribution in [0.5, 0.6) is 0 Å². The zero-order valence-corrected chi connectivity index (χ0v) is 29.5. The molecule has 0 fully saturated rings. The third-order valence-electron chi connectivity index (χ3n) is 7.85. The number of rotatable bonds is 7. The van der Waals surface area contributed by atoms with Crippen LogP contribution >= 0.6 is 0 Å². The third-order valence-corrected chi connectivity index (χ3v) is 7.85. The first kappa shape index (κ1) is 37.1. The molecule has 0 aliphatic carbocycles.